The number of ether oxygens (including phenoxy) is 2. The zero-order valence-electron chi connectivity index (χ0n) is 17.0. The van der Waals surface area contributed by atoms with Crippen molar-refractivity contribution in [3.05, 3.63) is 30.0 Å². The summed E-state index contributed by atoms with van der Waals surface area (Å²) in [5.74, 6) is -1.50. The molecule has 2 saturated heterocycles. The number of nitrogen functional groups attached to an aromatic ring is 1. The highest BCUT2D eigenvalue weighted by Gasteiger charge is 2.45. The van der Waals surface area contributed by atoms with E-state index >= 15 is 0 Å². The van der Waals surface area contributed by atoms with E-state index in [1.807, 2.05) is 0 Å². The number of anilines is 2. The van der Waals surface area contributed by atoms with E-state index in [1.165, 1.54) is 0 Å². The van der Waals surface area contributed by atoms with Crippen molar-refractivity contribution in [2.45, 2.75) is 28.7 Å². The van der Waals surface area contributed by atoms with Crippen LogP contribution < -0.4 is 21.1 Å². The van der Waals surface area contributed by atoms with Gasteiger partial charge in [0.1, 0.15) is 16.6 Å². The summed E-state index contributed by atoms with van der Waals surface area (Å²) in [6, 6.07) is 4.86. The Morgan fingerprint density at radius 1 is 1.23 bits per heavy atom. The number of alkyl halides is 2. The molecule has 2 aromatic rings. The normalized spacial score (nSPS) is 23.7. The maximum Gasteiger partial charge on any atom is 0.311 e. The van der Waals surface area contributed by atoms with Gasteiger partial charge in [0, 0.05) is 29.3 Å². The molecule has 1 atom stereocenters. The molecule has 1 aromatic carbocycles. The van der Waals surface area contributed by atoms with Gasteiger partial charge in [0.25, 0.3) is 0 Å². The van der Waals surface area contributed by atoms with Crippen LogP contribution in [0.5, 0.6) is 5.75 Å². The van der Waals surface area contributed by atoms with Crippen molar-refractivity contribution in [1.82, 2.24) is 9.97 Å². The molecule has 0 saturated carbocycles. The third-order valence-corrected chi connectivity index (χ3v) is 7.73. The smallest absolute Gasteiger partial charge is 0.311 e. The summed E-state index contributed by atoms with van der Waals surface area (Å²) < 4.78 is 39.3. The molecule has 10 heteroatoms. The number of nitrogens with zero attached hydrogens (tertiary/aromatic N) is 3. The Morgan fingerprint density at radius 2 is 2.03 bits per heavy atom. The predicted molar refractivity (Wildman–Crippen MR) is 114 cm³/mol. The van der Waals surface area contributed by atoms with Crippen LogP contribution in [-0.2, 0) is 10.7 Å². The number of hydrogen-bond donors (Lipinski definition) is 2. The van der Waals surface area contributed by atoms with E-state index in [9.17, 15) is 8.78 Å². The average molecular weight is 450 g/mol. The molecular weight excluding hydrogens is 424 g/mol. The van der Waals surface area contributed by atoms with Crippen LogP contribution >= 0.6 is 11.8 Å². The second-order valence-electron chi connectivity index (χ2n) is 8.44. The van der Waals surface area contributed by atoms with Crippen molar-refractivity contribution >= 4 is 23.4 Å². The summed E-state index contributed by atoms with van der Waals surface area (Å²) in [5, 5.41) is 0.403. The molecule has 0 amide bonds. The third kappa shape index (κ3) is 3.60. The summed E-state index contributed by atoms with van der Waals surface area (Å²) in [4.78, 5) is 11.5. The molecule has 3 aliphatic heterocycles. The van der Waals surface area contributed by atoms with Crippen LogP contribution in [0.15, 0.2) is 34.3 Å². The average Bonchev–Trinajstić information content (AvgIpc) is 3.30. The largest absolute Gasteiger partial charge is 0.486 e. The van der Waals surface area contributed by atoms with Gasteiger partial charge >= 0.3 is 5.92 Å². The van der Waals surface area contributed by atoms with E-state index in [0.717, 1.165) is 50.9 Å². The van der Waals surface area contributed by atoms with Crippen LogP contribution in [0.3, 0.4) is 0 Å². The molecule has 166 valence electrons. The van der Waals surface area contributed by atoms with Crippen molar-refractivity contribution in [3.63, 3.8) is 0 Å². The Bertz CT molecular complexity index is 984. The highest BCUT2D eigenvalue weighted by Crippen LogP contribution is 2.48. The molecule has 2 fully saturated rings. The lowest BCUT2D eigenvalue weighted by Crippen LogP contribution is -2.46. The fourth-order valence-corrected chi connectivity index (χ4v) is 5.75. The number of piperidine rings is 1. The van der Waals surface area contributed by atoms with Crippen LogP contribution in [0.2, 0.25) is 0 Å². The van der Waals surface area contributed by atoms with Crippen molar-refractivity contribution in [2.24, 2.45) is 17.1 Å². The van der Waals surface area contributed by atoms with Crippen LogP contribution in [0, 0.1) is 11.3 Å². The number of fused-ring (bicyclic) bond motifs is 1. The SMILES string of the molecule is NCC1COCC12CCN(c1cnc(Sc3cccc4c3C(F)(F)CO4)c(N)n1)CC2. The van der Waals surface area contributed by atoms with Crippen LogP contribution in [0.1, 0.15) is 18.4 Å². The number of rotatable bonds is 4. The number of benzene rings is 1. The topological polar surface area (TPSA) is 99.5 Å². The van der Waals surface area contributed by atoms with Gasteiger partial charge in [-0.25, -0.2) is 9.97 Å². The molecule has 5 rings (SSSR count). The van der Waals surface area contributed by atoms with Gasteiger partial charge in [-0.1, -0.05) is 17.8 Å². The minimum Gasteiger partial charge on any atom is -0.486 e. The first-order valence-electron chi connectivity index (χ1n) is 10.4. The minimum atomic E-state index is -3.03. The predicted octanol–water partition coefficient (Wildman–Crippen LogP) is 2.89. The van der Waals surface area contributed by atoms with Crippen molar-refractivity contribution in [2.75, 3.05) is 50.1 Å². The molecule has 1 aromatic heterocycles. The van der Waals surface area contributed by atoms with Gasteiger partial charge in [-0.3, -0.25) is 0 Å². The molecule has 4 heterocycles. The standard InChI is InChI=1S/C21H25F2N5O2S/c22-21(23)12-30-14-2-1-3-15(17(14)21)31-19-18(25)27-16(9-26-19)28-6-4-20(5-7-28)11-29-10-13(20)8-24/h1-3,9,13H,4-8,10-12,24H2,(H2,25,27). The second kappa shape index (κ2) is 7.75. The number of halogens is 2. The first-order chi connectivity index (χ1) is 14.9. The third-order valence-electron chi connectivity index (χ3n) is 6.66. The summed E-state index contributed by atoms with van der Waals surface area (Å²) in [6.45, 7) is 3.16. The van der Waals surface area contributed by atoms with Gasteiger partial charge in [0.2, 0.25) is 0 Å². The highest BCUT2D eigenvalue weighted by atomic mass is 32.2. The van der Waals surface area contributed by atoms with Gasteiger partial charge in [-0.2, -0.15) is 8.78 Å². The Kier molecular flexibility index (Phi) is 5.18. The number of nitrogens with two attached hydrogens (primary N) is 2. The maximum absolute atomic E-state index is 14.3. The number of aromatic nitrogens is 2. The molecule has 1 spiro atoms. The lowest BCUT2D eigenvalue weighted by Gasteiger charge is -2.42. The summed E-state index contributed by atoms with van der Waals surface area (Å²) in [5.41, 5.74) is 12.2. The summed E-state index contributed by atoms with van der Waals surface area (Å²) >= 11 is 1.09. The van der Waals surface area contributed by atoms with Crippen molar-refractivity contribution < 1.29 is 18.3 Å². The zero-order chi connectivity index (χ0) is 21.6. The molecule has 3 aliphatic rings. The lowest BCUT2D eigenvalue weighted by atomic mass is 9.71. The van der Waals surface area contributed by atoms with E-state index < -0.39 is 12.5 Å². The molecular formula is C21H25F2N5O2S. The van der Waals surface area contributed by atoms with E-state index in [2.05, 4.69) is 14.9 Å². The quantitative estimate of drug-likeness (QED) is 0.735. The lowest BCUT2D eigenvalue weighted by molar-refractivity contribution is -0.0232. The molecule has 1 unspecified atom stereocenters. The Morgan fingerprint density at radius 3 is 2.77 bits per heavy atom. The maximum atomic E-state index is 14.3. The number of hydrogen-bond acceptors (Lipinski definition) is 8. The Hall–Kier alpha value is -2.17. The summed E-state index contributed by atoms with van der Waals surface area (Å²) in [6.07, 6.45) is 3.64. The van der Waals surface area contributed by atoms with Gasteiger partial charge in [-0.15, -0.1) is 0 Å². The van der Waals surface area contributed by atoms with Gasteiger partial charge in [0.05, 0.1) is 25.0 Å². The molecule has 4 N–H and O–H groups in total. The fraction of sp³-hybridized carbons (Fsp3) is 0.524. The Balaban J connectivity index is 1.32. The van der Waals surface area contributed by atoms with Crippen molar-refractivity contribution in [1.29, 1.82) is 0 Å². The molecule has 7 nitrogen and oxygen atoms in total. The first-order valence-corrected chi connectivity index (χ1v) is 11.2. The van der Waals surface area contributed by atoms with E-state index in [4.69, 9.17) is 20.9 Å². The van der Waals surface area contributed by atoms with Gasteiger partial charge in [0.15, 0.2) is 12.4 Å². The van der Waals surface area contributed by atoms with E-state index in [1.54, 1.807) is 24.4 Å². The van der Waals surface area contributed by atoms with Crippen LogP contribution in [0.25, 0.3) is 0 Å². The molecule has 0 radical (unpaired) electrons. The van der Waals surface area contributed by atoms with E-state index in [0.29, 0.717) is 28.2 Å². The van der Waals surface area contributed by atoms with E-state index in [-0.39, 0.29) is 22.5 Å². The fourth-order valence-electron chi connectivity index (χ4n) is 4.79. The van der Waals surface area contributed by atoms with Gasteiger partial charge < -0.3 is 25.8 Å². The summed E-state index contributed by atoms with van der Waals surface area (Å²) in [7, 11) is 0. The molecule has 0 aliphatic carbocycles. The van der Waals surface area contributed by atoms with Crippen molar-refractivity contribution in [3.8, 4) is 5.75 Å². The monoisotopic (exact) mass is 449 g/mol. The highest BCUT2D eigenvalue weighted by molar-refractivity contribution is 7.99. The zero-order valence-corrected chi connectivity index (χ0v) is 17.8. The second-order valence-corrected chi connectivity index (χ2v) is 9.47. The minimum absolute atomic E-state index is 0.111. The molecule has 31 heavy (non-hydrogen) atoms. The van der Waals surface area contributed by atoms with Gasteiger partial charge in [-0.05, 0) is 31.5 Å². The molecule has 0 bridgehead atoms. The first kappa shape index (κ1) is 20.7. The van der Waals surface area contributed by atoms with Crippen LogP contribution in [0.4, 0.5) is 20.4 Å². The Labute approximate surface area is 183 Å². The van der Waals surface area contributed by atoms with Crippen LogP contribution in [-0.4, -0.2) is 49.4 Å².